The third kappa shape index (κ3) is 8.30. The van der Waals surface area contributed by atoms with Crippen LogP contribution in [0.2, 0.25) is 0 Å². The minimum atomic E-state index is -4.76. The molecule has 2 heterocycles. The number of urea groups is 1. The van der Waals surface area contributed by atoms with E-state index in [-0.39, 0.29) is 29.2 Å². The largest absolute Gasteiger partial charge is 0.573 e. The number of hydrogen-bond acceptors (Lipinski definition) is 7. The van der Waals surface area contributed by atoms with E-state index in [4.69, 9.17) is 4.74 Å². The number of hydrogen-bond donors (Lipinski definition) is 1. The summed E-state index contributed by atoms with van der Waals surface area (Å²) in [6.45, 7) is 6.49. The molecule has 4 aromatic rings. The molecule has 0 aliphatic carbocycles. The molecular formula is C33H33F3N6O4S. The maximum absolute atomic E-state index is 12.8. The zero-order valence-corrected chi connectivity index (χ0v) is 26.9. The molecule has 3 amide bonds. The van der Waals surface area contributed by atoms with Gasteiger partial charge in [-0.3, -0.25) is 9.69 Å². The molecule has 5 rings (SSSR count). The van der Waals surface area contributed by atoms with Crippen molar-refractivity contribution in [2.24, 2.45) is 4.99 Å². The number of ether oxygens (including phenoxy) is 2. The number of aliphatic imine (C=N–C) groups is 1. The zero-order chi connectivity index (χ0) is 33.7. The van der Waals surface area contributed by atoms with Crippen molar-refractivity contribution in [3.63, 3.8) is 0 Å². The van der Waals surface area contributed by atoms with E-state index >= 15 is 0 Å². The molecule has 246 valence electrons. The summed E-state index contributed by atoms with van der Waals surface area (Å²) in [5.41, 5.74) is 3.97. The summed E-state index contributed by atoms with van der Waals surface area (Å²) in [6, 6.07) is 18.0. The van der Waals surface area contributed by atoms with E-state index in [0.29, 0.717) is 41.1 Å². The van der Waals surface area contributed by atoms with Crippen molar-refractivity contribution in [2.45, 2.75) is 45.4 Å². The van der Waals surface area contributed by atoms with Crippen LogP contribution in [-0.4, -0.2) is 57.6 Å². The lowest BCUT2D eigenvalue weighted by Crippen LogP contribution is -2.32. The Morgan fingerprint density at radius 3 is 2.40 bits per heavy atom. The summed E-state index contributed by atoms with van der Waals surface area (Å²) in [6.07, 6.45) is -2.62. The van der Waals surface area contributed by atoms with Crippen LogP contribution in [0.5, 0.6) is 11.5 Å². The van der Waals surface area contributed by atoms with E-state index in [1.54, 1.807) is 13.2 Å². The van der Waals surface area contributed by atoms with E-state index in [9.17, 15) is 22.8 Å². The first-order valence-corrected chi connectivity index (χ1v) is 15.8. The van der Waals surface area contributed by atoms with Crippen LogP contribution in [-0.2, 0) is 4.79 Å². The molecule has 3 aromatic carbocycles. The van der Waals surface area contributed by atoms with Crippen molar-refractivity contribution in [1.82, 2.24) is 20.1 Å². The molecule has 47 heavy (non-hydrogen) atoms. The Bertz CT molecular complexity index is 1760. The normalized spacial score (nSPS) is 14.9. The summed E-state index contributed by atoms with van der Waals surface area (Å²) in [7, 11) is 1.59. The van der Waals surface area contributed by atoms with Gasteiger partial charge in [0.25, 0.3) is 0 Å². The van der Waals surface area contributed by atoms with Crippen molar-refractivity contribution in [1.29, 1.82) is 0 Å². The molecule has 0 radical (unpaired) electrons. The van der Waals surface area contributed by atoms with Gasteiger partial charge >= 0.3 is 12.4 Å². The van der Waals surface area contributed by atoms with E-state index in [2.05, 4.69) is 32.1 Å². The molecule has 1 aromatic heterocycles. The first-order chi connectivity index (χ1) is 22.4. The fourth-order valence-corrected chi connectivity index (χ4v) is 5.84. The number of anilines is 1. The molecule has 1 atom stereocenters. The predicted molar refractivity (Wildman–Crippen MR) is 174 cm³/mol. The number of methoxy groups -OCH3 is 1. The Morgan fingerprint density at radius 1 is 1.04 bits per heavy atom. The molecular weight excluding hydrogens is 633 g/mol. The number of aromatic nitrogens is 3. The highest BCUT2D eigenvalue weighted by Crippen LogP contribution is 2.36. The monoisotopic (exact) mass is 666 g/mol. The summed E-state index contributed by atoms with van der Waals surface area (Å²) in [5.74, 6) is 1.13. The molecule has 1 aliphatic rings. The molecule has 14 heteroatoms. The lowest BCUT2D eigenvalue weighted by molar-refractivity contribution is -0.274. The van der Waals surface area contributed by atoms with E-state index < -0.39 is 12.4 Å². The van der Waals surface area contributed by atoms with Crippen molar-refractivity contribution in [2.75, 3.05) is 24.3 Å². The minimum absolute atomic E-state index is 0.117. The molecule has 1 unspecified atom stereocenters. The number of nitrogens with one attached hydrogen (secondary N) is 1. The highest BCUT2D eigenvalue weighted by Gasteiger charge is 2.33. The fraction of sp³-hybridized carbons (Fsp3) is 0.303. The Labute approximate surface area is 274 Å². The first-order valence-electron chi connectivity index (χ1n) is 14.8. The SMILES string of the molecule is COc1ccc(N2C(=O)CSC2=NC(=O)NCCC(C)c2ccc(-c3ncn(-c4ccc(OC(F)(F)F)cc4)n3)cc2)c(C(C)C)c1. The third-order valence-electron chi connectivity index (χ3n) is 7.48. The molecule has 0 spiro atoms. The minimum Gasteiger partial charge on any atom is -0.497 e. The van der Waals surface area contributed by atoms with Crippen LogP contribution in [0, 0.1) is 0 Å². The van der Waals surface area contributed by atoms with Crippen LogP contribution >= 0.6 is 11.8 Å². The topological polar surface area (TPSA) is 111 Å². The Balaban J connectivity index is 1.16. The van der Waals surface area contributed by atoms with Crippen molar-refractivity contribution in [3.05, 3.63) is 84.2 Å². The second-order valence-electron chi connectivity index (χ2n) is 11.1. The van der Waals surface area contributed by atoms with E-state index in [1.165, 1.54) is 51.9 Å². The van der Waals surface area contributed by atoms with Gasteiger partial charge in [0.1, 0.15) is 17.8 Å². The molecule has 1 saturated heterocycles. The van der Waals surface area contributed by atoms with Crippen LogP contribution in [0.3, 0.4) is 0 Å². The number of amides is 3. The van der Waals surface area contributed by atoms with Gasteiger partial charge in [0.2, 0.25) is 5.91 Å². The zero-order valence-electron chi connectivity index (χ0n) is 26.1. The third-order valence-corrected chi connectivity index (χ3v) is 8.40. The van der Waals surface area contributed by atoms with Crippen molar-refractivity contribution >= 4 is 34.6 Å². The van der Waals surface area contributed by atoms with Crippen molar-refractivity contribution in [3.8, 4) is 28.6 Å². The number of benzene rings is 3. The number of amidine groups is 1. The standard InChI is InChI=1S/C33H33F3N6O4S/c1-20(2)27-17-26(45-4)13-14-28(27)42-29(43)18-47-32(42)39-31(44)37-16-15-21(3)22-5-7-23(8-6-22)30-38-19-41(40-30)24-9-11-25(12-10-24)46-33(34,35)36/h5-14,17,19-21H,15-16,18H2,1-4H3,(H,37,44). The summed E-state index contributed by atoms with van der Waals surface area (Å²) < 4.78 is 48.0. The number of alkyl halides is 3. The van der Waals surface area contributed by atoms with Gasteiger partial charge < -0.3 is 14.8 Å². The predicted octanol–water partition coefficient (Wildman–Crippen LogP) is 7.30. The van der Waals surface area contributed by atoms with Crippen LogP contribution in [0.15, 0.2) is 78.0 Å². The van der Waals surface area contributed by atoms with Crippen LogP contribution < -0.4 is 19.7 Å². The van der Waals surface area contributed by atoms with Crippen LogP contribution in [0.1, 0.15) is 50.2 Å². The van der Waals surface area contributed by atoms with Gasteiger partial charge in [-0.1, -0.05) is 56.8 Å². The Morgan fingerprint density at radius 2 is 1.74 bits per heavy atom. The lowest BCUT2D eigenvalue weighted by Gasteiger charge is -2.22. The van der Waals surface area contributed by atoms with Crippen molar-refractivity contribution < 1.29 is 32.2 Å². The molecule has 0 saturated carbocycles. The summed E-state index contributed by atoms with van der Waals surface area (Å²) in [5, 5.41) is 7.62. The number of halogens is 3. The van der Waals surface area contributed by atoms with E-state index in [1.807, 2.05) is 50.2 Å². The van der Waals surface area contributed by atoms with Gasteiger partial charge in [-0.05, 0) is 71.8 Å². The van der Waals surface area contributed by atoms with Gasteiger partial charge in [0.05, 0.1) is 24.2 Å². The molecule has 1 N–H and O–H groups in total. The molecule has 1 fully saturated rings. The maximum atomic E-state index is 12.8. The Hall–Kier alpha value is -4.85. The first kappa shape index (κ1) is 33.5. The number of carbonyl (C=O) groups excluding carboxylic acids is 2. The highest BCUT2D eigenvalue weighted by atomic mass is 32.2. The van der Waals surface area contributed by atoms with Gasteiger partial charge in [0, 0.05) is 12.1 Å². The number of rotatable bonds is 10. The second-order valence-corrected chi connectivity index (χ2v) is 12.0. The average molecular weight is 667 g/mol. The maximum Gasteiger partial charge on any atom is 0.573 e. The Kier molecular flexibility index (Phi) is 10.2. The van der Waals surface area contributed by atoms with Crippen LogP contribution in [0.25, 0.3) is 17.1 Å². The summed E-state index contributed by atoms with van der Waals surface area (Å²) >= 11 is 1.23. The molecule has 1 aliphatic heterocycles. The average Bonchev–Trinajstić information content (AvgIpc) is 3.67. The van der Waals surface area contributed by atoms with Gasteiger partial charge in [-0.25, -0.2) is 14.5 Å². The van der Waals surface area contributed by atoms with Gasteiger partial charge in [-0.15, -0.1) is 18.3 Å². The second kappa shape index (κ2) is 14.3. The fourth-order valence-electron chi connectivity index (χ4n) is 4.98. The number of thioether (sulfide) groups is 1. The lowest BCUT2D eigenvalue weighted by atomic mass is 9.96. The van der Waals surface area contributed by atoms with Gasteiger partial charge in [0.15, 0.2) is 11.0 Å². The summed E-state index contributed by atoms with van der Waals surface area (Å²) in [4.78, 5) is 35.6. The molecule has 0 bridgehead atoms. The van der Waals surface area contributed by atoms with Gasteiger partial charge in [-0.2, -0.15) is 4.99 Å². The number of carbonyl (C=O) groups is 2. The smallest absolute Gasteiger partial charge is 0.497 e. The highest BCUT2D eigenvalue weighted by molar-refractivity contribution is 8.15. The van der Waals surface area contributed by atoms with E-state index in [0.717, 1.165) is 16.7 Å². The molecule has 10 nitrogen and oxygen atoms in total. The van der Waals surface area contributed by atoms with Crippen LogP contribution in [0.4, 0.5) is 23.7 Å². The number of nitrogens with zero attached hydrogens (tertiary/aromatic N) is 5. The quantitative estimate of drug-likeness (QED) is 0.189.